The molecule has 15 heavy (non-hydrogen) atoms. The number of carbonyl (C=O) groups excluding carboxylic acids is 1. The Kier molecular flexibility index (Phi) is 3.16. The van der Waals surface area contributed by atoms with Crippen molar-refractivity contribution in [2.45, 2.75) is 6.92 Å². The van der Waals surface area contributed by atoms with Gasteiger partial charge in [0.15, 0.2) is 0 Å². The first-order valence-corrected chi connectivity index (χ1v) is 5.36. The van der Waals surface area contributed by atoms with Gasteiger partial charge in [0.25, 0.3) is 5.91 Å². The van der Waals surface area contributed by atoms with Crippen molar-refractivity contribution in [1.82, 2.24) is 4.90 Å². The van der Waals surface area contributed by atoms with Gasteiger partial charge in [0.05, 0.1) is 18.8 Å². The third-order valence-corrected chi connectivity index (χ3v) is 2.63. The second-order valence-electron chi connectivity index (χ2n) is 4.00. The van der Waals surface area contributed by atoms with Crippen molar-refractivity contribution < 1.29 is 9.53 Å². The fraction of sp³-hybridized carbons (Fsp3) is 0.636. The molecule has 1 fully saturated rings. The molecule has 0 N–H and O–H groups in total. The molecule has 0 radical (unpaired) electrons. The van der Waals surface area contributed by atoms with Gasteiger partial charge in [-0.15, -0.1) is 0 Å². The predicted molar refractivity (Wildman–Crippen MR) is 58.0 cm³/mol. The summed E-state index contributed by atoms with van der Waals surface area (Å²) in [7, 11) is 0. The Morgan fingerprint density at radius 2 is 2.27 bits per heavy atom. The van der Waals surface area contributed by atoms with Crippen molar-refractivity contribution in [3.63, 3.8) is 0 Å². The molecule has 0 aromatic heterocycles. The van der Waals surface area contributed by atoms with Crippen molar-refractivity contribution in [2.24, 2.45) is 10.9 Å². The van der Waals surface area contributed by atoms with E-state index in [9.17, 15) is 4.79 Å². The molecule has 1 amide bonds. The van der Waals surface area contributed by atoms with Gasteiger partial charge in [-0.05, 0) is 5.92 Å². The first-order chi connectivity index (χ1) is 7.27. The minimum Gasteiger partial charge on any atom is -0.378 e. The van der Waals surface area contributed by atoms with Gasteiger partial charge in [0.1, 0.15) is 0 Å². The molecule has 0 bridgehead atoms. The lowest BCUT2D eigenvalue weighted by atomic mass is 10.0. The highest BCUT2D eigenvalue weighted by molar-refractivity contribution is 6.12. The number of hydrogen-bond acceptors (Lipinski definition) is 3. The Morgan fingerprint density at radius 1 is 1.53 bits per heavy atom. The Bertz CT molecular complexity index is 304. The molecule has 0 aromatic carbocycles. The number of dihydropyridines is 1. The van der Waals surface area contributed by atoms with E-state index in [2.05, 4.69) is 11.9 Å². The van der Waals surface area contributed by atoms with Crippen LogP contribution in [0.3, 0.4) is 0 Å². The molecular formula is C11H16N2O2. The molecule has 2 aliphatic heterocycles. The summed E-state index contributed by atoms with van der Waals surface area (Å²) in [6.45, 7) is 5.54. The molecular weight excluding hydrogens is 192 g/mol. The zero-order valence-electron chi connectivity index (χ0n) is 8.98. The van der Waals surface area contributed by atoms with Crippen molar-refractivity contribution in [2.75, 3.05) is 32.8 Å². The Morgan fingerprint density at radius 3 is 2.93 bits per heavy atom. The molecule has 0 spiro atoms. The van der Waals surface area contributed by atoms with Crippen LogP contribution < -0.4 is 0 Å². The van der Waals surface area contributed by atoms with Gasteiger partial charge in [-0.3, -0.25) is 9.79 Å². The minimum absolute atomic E-state index is 0.0913. The number of amides is 1. The van der Waals surface area contributed by atoms with Gasteiger partial charge in [-0.1, -0.05) is 13.0 Å². The number of carbonyl (C=O) groups is 1. The van der Waals surface area contributed by atoms with Crippen LogP contribution in [0.1, 0.15) is 6.92 Å². The average Bonchev–Trinajstić information content (AvgIpc) is 2.29. The Balaban J connectivity index is 2.03. The highest BCUT2D eigenvalue weighted by Gasteiger charge is 2.21. The summed E-state index contributed by atoms with van der Waals surface area (Å²) in [5.74, 6) is 0.462. The van der Waals surface area contributed by atoms with Crippen molar-refractivity contribution in [3.05, 3.63) is 11.6 Å². The van der Waals surface area contributed by atoms with E-state index in [1.165, 1.54) is 0 Å². The monoisotopic (exact) mass is 208 g/mol. The van der Waals surface area contributed by atoms with E-state index >= 15 is 0 Å². The second kappa shape index (κ2) is 4.57. The lowest BCUT2D eigenvalue weighted by Crippen LogP contribution is -2.42. The summed E-state index contributed by atoms with van der Waals surface area (Å²) in [6.07, 6.45) is 3.70. The van der Waals surface area contributed by atoms with Crippen LogP contribution in [0, 0.1) is 5.92 Å². The van der Waals surface area contributed by atoms with Gasteiger partial charge >= 0.3 is 0 Å². The van der Waals surface area contributed by atoms with Crippen molar-refractivity contribution >= 4 is 12.1 Å². The molecule has 0 aromatic rings. The van der Waals surface area contributed by atoms with Crippen molar-refractivity contribution in [3.8, 4) is 0 Å². The van der Waals surface area contributed by atoms with Crippen LogP contribution in [0.5, 0.6) is 0 Å². The predicted octanol–water partition coefficient (Wildman–Crippen LogP) is 0.492. The van der Waals surface area contributed by atoms with E-state index in [0.29, 0.717) is 32.2 Å². The van der Waals surface area contributed by atoms with Crippen molar-refractivity contribution in [1.29, 1.82) is 0 Å². The highest BCUT2D eigenvalue weighted by atomic mass is 16.5. The van der Waals surface area contributed by atoms with Gasteiger partial charge in [-0.25, -0.2) is 0 Å². The zero-order chi connectivity index (χ0) is 10.7. The summed E-state index contributed by atoms with van der Waals surface area (Å²) in [6, 6.07) is 0. The van der Waals surface area contributed by atoms with Crippen LogP contribution in [0.15, 0.2) is 16.6 Å². The fourth-order valence-electron chi connectivity index (χ4n) is 1.80. The topological polar surface area (TPSA) is 41.9 Å². The number of ether oxygens (including phenoxy) is 1. The van der Waals surface area contributed by atoms with Crippen LogP contribution in [-0.2, 0) is 9.53 Å². The van der Waals surface area contributed by atoms with Gasteiger partial charge in [0, 0.05) is 25.8 Å². The highest BCUT2D eigenvalue weighted by Crippen LogP contribution is 2.11. The third kappa shape index (κ3) is 2.45. The molecule has 1 saturated heterocycles. The normalized spacial score (nSPS) is 26.3. The molecule has 0 saturated carbocycles. The maximum Gasteiger partial charge on any atom is 0.255 e. The first kappa shape index (κ1) is 10.4. The SMILES string of the molecule is CC1C=C(C(=O)N2CCOCC2)C=NC1. The summed E-state index contributed by atoms with van der Waals surface area (Å²) in [5, 5.41) is 0. The number of nitrogens with zero attached hydrogens (tertiary/aromatic N) is 2. The lowest BCUT2D eigenvalue weighted by Gasteiger charge is -2.27. The van der Waals surface area contributed by atoms with E-state index in [-0.39, 0.29) is 5.91 Å². The van der Waals surface area contributed by atoms with E-state index in [1.54, 1.807) is 6.21 Å². The van der Waals surface area contributed by atoms with Crippen LogP contribution in [-0.4, -0.2) is 49.9 Å². The second-order valence-corrected chi connectivity index (χ2v) is 4.00. The summed E-state index contributed by atoms with van der Waals surface area (Å²) < 4.78 is 5.21. The fourth-order valence-corrected chi connectivity index (χ4v) is 1.80. The molecule has 0 aliphatic carbocycles. The molecule has 4 heteroatoms. The van der Waals surface area contributed by atoms with Crippen LogP contribution in [0.2, 0.25) is 0 Å². The molecule has 4 nitrogen and oxygen atoms in total. The standard InChI is InChI=1S/C11H16N2O2/c1-9-6-10(8-12-7-9)11(14)13-2-4-15-5-3-13/h6,8-9H,2-5,7H2,1H3. The minimum atomic E-state index is 0.0913. The summed E-state index contributed by atoms with van der Waals surface area (Å²) in [5.41, 5.74) is 0.732. The van der Waals surface area contributed by atoms with Crippen LogP contribution in [0.25, 0.3) is 0 Å². The first-order valence-electron chi connectivity index (χ1n) is 5.36. The van der Waals surface area contributed by atoms with E-state index in [4.69, 9.17) is 4.74 Å². The number of morpholine rings is 1. The van der Waals surface area contributed by atoms with Gasteiger partial charge < -0.3 is 9.64 Å². The lowest BCUT2D eigenvalue weighted by molar-refractivity contribution is -0.130. The molecule has 2 heterocycles. The Labute approximate surface area is 89.6 Å². The largest absolute Gasteiger partial charge is 0.378 e. The smallest absolute Gasteiger partial charge is 0.255 e. The third-order valence-electron chi connectivity index (χ3n) is 2.63. The zero-order valence-corrected chi connectivity index (χ0v) is 8.98. The molecule has 2 rings (SSSR count). The molecule has 1 unspecified atom stereocenters. The maximum absolute atomic E-state index is 12.0. The summed E-state index contributed by atoms with van der Waals surface area (Å²) in [4.78, 5) is 18.0. The number of aliphatic imine (C=N–C) groups is 1. The van der Waals surface area contributed by atoms with Gasteiger partial charge in [-0.2, -0.15) is 0 Å². The summed E-state index contributed by atoms with van der Waals surface area (Å²) >= 11 is 0. The van der Waals surface area contributed by atoms with E-state index in [0.717, 1.165) is 12.1 Å². The van der Waals surface area contributed by atoms with Crippen LogP contribution >= 0.6 is 0 Å². The number of rotatable bonds is 1. The quantitative estimate of drug-likeness (QED) is 0.629. The molecule has 2 aliphatic rings. The Hall–Kier alpha value is -1.16. The van der Waals surface area contributed by atoms with E-state index < -0.39 is 0 Å². The van der Waals surface area contributed by atoms with Gasteiger partial charge in [0.2, 0.25) is 0 Å². The average molecular weight is 208 g/mol. The number of hydrogen-bond donors (Lipinski definition) is 0. The van der Waals surface area contributed by atoms with Crippen LogP contribution in [0.4, 0.5) is 0 Å². The maximum atomic E-state index is 12.0. The molecule has 1 atom stereocenters. The molecule has 82 valence electrons. The van der Waals surface area contributed by atoms with E-state index in [1.807, 2.05) is 11.0 Å².